The minimum atomic E-state index is -4.33. The first-order valence-electron chi connectivity index (χ1n) is 10.3. The number of rotatable bonds is 16. The minimum Gasteiger partial charge on any atom is -0.748 e. The second-order valence-electron chi connectivity index (χ2n) is 7.20. The number of aliphatic hydroxyl groups excluding tert-OH is 1. The van der Waals surface area contributed by atoms with Crippen LogP contribution in [0.3, 0.4) is 0 Å². The molecule has 0 fully saturated rings. The fourth-order valence-corrected chi connectivity index (χ4v) is 3.50. The van der Waals surface area contributed by atoms with Crippen molar-refractivity contribution in [2.45, 2.75) is 90.3 Å². The van der Waals surface area contributed by atoms with Gasteiger partial charge in [0, 0.05) is 12.2 Å². The van der Waals surface area contributed by atoms with Crippen molar-refractivity contribution in [3.63, 3.8) is 0 Å². The van der Waals surface area contributed by atoms with Crippen LogP contribution in [0, 0.1) is 0 Å². The second kappa shape index (κ2) is 16.7. The van der Waals surface area contributed by atoms with Crippen LogP contribution in [0.5, 0.6) is 5.75 Å². The van der Waals surface area contributed by atoms with E-state index in [1.807, 2.05) is 12.1 Å². The van der Waals surface area contributed by atoms with Gasteiger partial charge in [-0.05, 0) is 30.5 Å². The Hall–Kier alpha value is -0.110. The first kappa shape index (κ1) is 27.9. The van der Waals surface area contributed by atoms with Gasteiger partial charge in [0.1, 0.15) is 5.75 Å². The van der Waals surface area contributed by atoms with Crippen molar-refractivity contribution in [3.8, 4) is 5.75 Å². The molecular weight excluding hydrogens is 387 g/mol. The van der Waals surface area contributed by atoms with E-state index in [1.54, 1.807) is 12.1 Å². The fraction of sp³-hybridized carbons (Fsp3) is 0.714. The molecule has 5 nitrogen and oxygen atoms in total. The van der Waals surface area contributed by atoms with Gasteiger partial charge in [0.05, 0.1) is 10.1 Å². The monoisotopic (exact) mass is 422 g/mol. The molecule has 1 aromatic carbocycles. The van der Waals surface area contributed by atoms with Crippen LogP contribution in [0.15, 0.2) is 24.3 Å². The molecule has 0 saturated heterocycles. The molecule has 0 aliphatic carbocycles. The molecule has 1 rings (SSSR count). The predicted molar refractivity (Wildman–Crippen MR) is 108 cm³/mol. The van der Waals surface area contributed by atoms with Crippen LogP contribution < -0.4 is 34.3 Å². The van der Waals surface area contributed by atoms with Gasteiger partial charge in [0.2, 0.25) is 0 Å². The van der Waals surface area contributed by atoms with Crippen LogP contribution in [0.1, 0.15) is 83.1 Å². The van der Waals surface area contributed by atoms with Gasteiger partial charge in [-0.3, -0.25) is 0 Å². The molecule has 28 heavy (non-hydrogen) atoms. The van der Waals surface area contributed by atoms with E-state index in [0.29, 0.717) is 5.75 Å². The largest absolute Gasteiger partial charge is 1.00 e. The van der Waals surface area contributed by atoms with Crippen LogP contribution in [-0.4, -0.2) is 30.1 Å². The quantitative estimate of drug-likeness (QED) is 0.190. The summed E-state index contributed by atoms with van der Waals surface area (Å²) in [4.78, 5) is 0. The topological polar surface area (TPSA) is 86.7 Å². The molecule has 0 aliphatic rings. The van der Waals surface area contributed by atoms with Crippen molar-refractivity contribution in [2.75, 3.05) is 5.75 Å². The molecule has 0 saturated carbocycles. The van der Waals surface area contributed by atoms with Gasteiger partial charge in [0.25, 0.3) is 0 Å². The third kappa shape index (κ3) is 15.8. The Morgan fingerprint density at radius 3 is 1.93 bits per heavy atom. The van der Waals surface area contributed by atoms with Crippen LogP contribution in [0.25, 0.3) is 0 Å². The summed E-state index contributed by atoms with van der Waals surface area (Å²) in [5, 5.41) is 9.61. The third-order valence-corrected chi connectivity index (χ3v) is 5.36. The van der Waals surface area contributed by atoms with E-state index in [9.17, 15) is 18.1 Å². The van der Waals surface area contributed by atoms with Crippen molar-refractivity contribution in [1.29, 1.82) is 0 Å². The standard InChI is InChI=1S/C21H36O5S.Na/c1-2-3-4-5-6-7-8-9-10-11-12-19-13-15-20(16-14-19)26-21(22)17-18-27(23,24)25;/h13-16,21-22H,2-12,17-18H2,1H3,(H,23,24,25);/q;+1/p-1. The average molecular weight is 423 g/mol. The number of hydrogen-bond acceptors (Lipinski definition) is 5. The molecule has 0 radical (unpaired) electrons. The summed E-state index contributed by atoms with van der Waals surface area (Å²) in [6.45, 7) is 2.25. The maximum atomic E-state index is 10.5. The number of aliphatic hydroxyl groups is 1. The van der Waals surface area contributed by atoms with E-state index in [4.69, 9.17) is 4.74 Å². The molecule has 1 N–H and O–H groups in total. The average Bonchev–Trinajstić information content (AvgIpc) is 2.62. The van der Waals surface area contributed by atoms with Crippen molar-refractivity contribution in [2.24, 2.45) is 0 Å². The third-order valence-electron chi connectivity index (χ3n) is 4.63. The molecule has 0 amide bonds. The van der Waals surface area contributed by atoms with Gasteiger partial charge in [-0.2, -0.15) is 0 Å². The summed E-state index contributed by atoms with van der Waals surface area (Å²) in [5.41, 5.74) is 1.22. The summed E-state index contributed by atoms with van der Waals surface area (Å²) in [6, 6.07) is 7.45. The summed E-state index contributed by atoms with van der Waals surface area (Å²) >= 11 is 0. The summed E-state index contributed by atoms with van der Waals surface area (Å²) in [6.07, 6.45) is 12.7. The molecule has 1 atom stereocenters. The fourth-order valence-electron chi connectivity index (χ4n) is 3.01. The van der Waals surface area contributed by atoms with E-state index in [-0.39, 0.29) is 36.0 Å². The molecule has 0 spiro atoms. The van der Waals surface area contributed by atoms with E-state index >= 15 is 0 Å². The number of unbranched alkanes of at least 4 members (excludes halogenated alkanes) is 9. The Bertz CT molecular complexity index is 589. The normalized spacial score (nSPS) is 12.4. The van der Waals surface area contributed by atoms with Crippen molar-refractivity contribution >= 4 is 10.1 Å². The van der Waals surface area contributed by atoms with E-state index in [0.717, 1.165) is 6.42 Å². The van der Waals surface area contributed by atoms with Crippen LogP contribution in [0.2, 0.25) is 0 Å². The zero-order chi connectivity index (χ0) is 20.0. The van der Waals surface area contributed by atoms with E-state index < -0.39 is 22.2 Å². The summed E-state index contributed by atoms with van der Waals surface area (Å²) < 4.78 is 36.9. The summed E-state index contributed by atoms with van der Waals surface area (Å²) in [7, 11) is -4.33. The smallest absolute Gasteiger partial charge is 0.748 e. The van der Waals surface area contributed by atoms with Crippen LogP contribution in [0.4, 0.5) is 0 Å². The Kier molecular flexibility index (Phi) is 16.6. The van der Waals surface area contributed by atoms with Crippen LogP contribution in [-0.2, 0) is 16.5 Å². The Balaban J connectivity index is 0.00000729. The maximum absolute atomic E-state index is 10.5. The number of benzene rings is 1. The molecule has 7 heteroatoms. The zero-order valence-corrected chi connectivity index (χ0v) is 20.4. The van der Waals surface area contributed by atoms with Crippen LogP contribution >= 0.6 is 0 Å². The van der Waals surface area contributed by atoms with Gasteiger partial charge in [0.15, 0.2) is 6.29 Å². The van der Waals surface area contributed by atoms with E-state index in [2.05, 4.69) is 6.92 Å². The van der Waals surface area contributed by atoms with Gasteiger partial charge in [-0.1, -0.05) is 76.8 Å². The molecule has 0 aromatic heterocycles. The van der Waals surface area contributed by atoms with Gasteiger partial charge in [-0.25, -0.2) is 8.42 Å². The van der Waals surface area contributed by atoms with Crippen molar-refractivity contribution < 1.29 is 52.4 Å². The zero-order valence-electron chi connectivity index (χ0n) is 17.6. The Morgan fingerprint density at radius 1 is 0.929 bits per heavy atom. The molecule has 1 unspecified atom stereocenters. The minimum absolute atomic E-state index is 0. The van der Waals surface area contributed by atoms with Gasteiger partial charge in [-0.15, -0.1) is 0 Å². The first-order valence-corrected chi connectivity index (χ1v) is 11.9. The molecule has 0 bridgehead atoms. The molecule has 1 aromatic rings. The summed E-state index contributed by atoms with van der Waals surface area (Å²) in [5.74, 6) is -0.164. The van der Waals surface area contributed by atoms with Crippen molar-refractivity contribution in [1.82, 2.24) is 0 Å². The van der Waals surface area contributed by atoms with E-state index in [1.165, 1.54) is 69.8 Å². The Labute approximate surface area is 193 Å². The van der Waals surface area contributed by atoms with Gasteiger partial charge < -0.3 is 14.4 Å². The molecule has 156 valence electrons. The maximum Gasteiger partial charge on any atom is 1.00 e. The number of hydrogen-bond donors (Lipinski definition) is 1. The van der Waals surface area contributed by atoms with Gasteiger partial charge >= 0.3 is 29.6 Å². The Morgan fingerprint density at radius 2 is 1.43 bits per heavy atom. The van der Waals surface area contributed by atoms with Crippen molar-refractivity contribution in [3.05, 3.63) is 29.8 Å². The number of ether oxygens (including phenoxy) is 1. The molecular formula is C21H35NaO5S. The SMILES string of the molecule is CCCCCCCCCCCCc1ccc(OC(O)CCS(=O)(=O)[O-])cc1.[Na+]. The number of aryl methyl sites for hydroxylation is 1. The first-order chi connectivity index (χ1) is 12.9. The molecule has 0 aliphatic heterocycles. The molecule has 0 heterocycles. The second-order valence-corrected chi connectivity index (χ2v) is 8.72. The predicted octanol–water partition coefficient (Wildman–Crippen LogP) is 1.79.